The van der Waals surface area contributed by atoms with Crippen molar-refractivity contribution in [2.24, 2.45) is 11.8 Å². The molecule has 2 amide bonds. The van der Waals surface area contributed by atoms with Gasteiger partial charge in [-0.15, -0.1) is 0 Å². The van der Waals surface area contributed by atoms with E-state index in [0.29, 0.717) is 12.8 Å². The van der Waals surface area contributed by atoms with Gasteiger partial charge in [0, 0.05) is 18.4 Å². The molecule has 2 aliphatic carbocycles. The molecule has 4 rings (SSSR count). The van der Waals surface area contributed by atoms with Crippen molar-refractivity contribution in [3.8, 4) is 11.1 Å². The highest BCUT2D eigenvalue weighted by atomic mass is 16.5. The van der Waals surface area contributed by atoms with Crippen LogP contribution in [0.15, 0.2) is 48.5 Å². The van der Waals surface area contributed by atoms with E-state index in [1.807, 2.05) is 38.1 Å². The topological polar surface area (TPSA) is 105 Å². The van der Waals surface area contributed by atoms with Crippen LogP contribution >= 0.6 is 0 Å². The van der Waals surface area contributed by atoms with Gasteiger partial charge in [0.2, 0.25) is 5.91 Å². The van der Waals surface area contributed by atoms with Gasteiger partial charge in [-0.25, -0.2) is 4.79 Å². The van der Waals surface area contributed by atoms with Gasteiger partial charge in [-0.1, -0.05) is 62.4 Å². The number of aliphatic carboxylic acids is 1. The molecule has 0 heterocycles. The molecule has 7 heteroatoms. The molecule has 7 nitrogen and oxygen atoms in total. The molecule has 35 heavy (non-hydrogen) atoms. The minimum Gasteiger partial charge on any atom is -0.481 e. The van der Waals surface area contributed by atoms with Crippen LogP contribution in [0.4, 0.5) is 4.79 Å². The fourth-order valence-corrected chi connectivity index (χ4v) is 5.43. The second-order valence-corrected chi connectivity index (χ2v) is 10.1. The fraction of sp³-hybridized carbons (Fsp3) is 0.464. The third kappa shape index (κ3) is 6.02. The normalized spacial score (nSPS) is 19.6. The number of carboxylic acids is 1. The molecule has 0 radical (unpaired) electrons. The molecule has 1 saturated carbocycles. The average Bonchev–Trinajstić information content (AvgIpc) is 3.38. The van der Waals surface area contributed by atoms with Gasteiger partial charge in [-0.2, -0.15) is 0 Å². The van der Waals surface area contributed by atoms with Crippen LogP contribution in [0.25, 0.3) is 11.1 Å². The summed E-state index contributed by atoms with van der Waals surface area (Å²) in [5.41, 5.74) is 4.59. The highest BCUT2D eigenvalue weighted by Crippen LogP contribution is 2.44. The first-order chi connectivity index (χ1) is 16.8. The van der Waals surface area contributed by atoms with Crippen LogP contribution in [0.5, 0.6) is 0 Å². The van der Waals surface area contributed by atoms with Crippen molar-refractivity contribution in [2.75, 3.05) is 6.61 Å². The summed E-state index contributed by atoms with van der Waals surface area (Å²) in [6.07, 6.45) is 2.19. The van der Waals surface area contributed by atoms with Gasteiger partial charge in [0.05, 0.1) is 0 Å². The van der Waals surface area contributed by atoms with Gasteiger partial charge < -0.3 is 20.5 Å². The Morgan fingerprint density at radius 3 is 2.23 bits per heavy atom. The van der Waals surface area contributed by atoms with E-state index in [1.54, 1.807) is 0 Å². The second-order valence-electron chi connectivity index (χ2n) is 10.1. The van der Waals surface area contributed by atoms with E-state index >= 15 is 0 Å². The summed E-state index contributed by atoms with van der Waals surface area (Å²) in [5, 5.41) is 14.8. The number of benzene rings is 2. The Kier molecular flexibility index (Phi) is 7.73. The second kappa shape index (κ2) is 10.9. The molecule has 1 fully saturated rings. The molecule has 2 aromatic carbocycles. The average molecular weight is 479 g/mol. The lowest BCUT2D eigenvalue weighted by atomic mass is 9.98. The van der Waals surface area contributed by atoms with Crippen LogP contribution in [-0.2, 0) is 14.3 Å². The van der Waals surface area contributed by atoms with Crippen LogP contribution < -0.4 is 10.6 Å². The predicted octanol–water partition coefficient (Wildman–Crippen LogP) is 4.70. The monoisotopic (exact) mass is 478 g/mol. The van der Waals surface area contributed by atoms with Crippen molar-refractivity contribution in [3.63, 3.8) is 0 Å². The van der Waals surface area contributed by atoms with Gasteiger partial charge in [-0.3, -0.25) is 9.59 Å². The zero-order valence-corrected chi connectivity index (χ0v) is 20.3. The molecule has 3 N–H and O–H groups in total. The molecule has 2 aliphatic rings. The summed E-state index contributed by atoms with van der Waals surface area (Å²) in [6, 6.07) is 15.5. The molecular weight excluding hydrogens is 444 g/mol. The summed E-state index contributed by atoms with van der Waals surface area (Å²) in [7, 11) is 0. The summed E-state index contributed by atoms with van der Waals surface area (Å²) < 4.78 is 5.64. The number of hydrogen-bond acceptors (Lipinski definition) is 4. The van der Waals surface area contributed by atoms with Gasteiger partial charge in [0.25, 0.3) is 0 Å². The van der Waals surface area contributed by atoms with E-state index in [0.717, 1.165) is 35.1 Å². The van der Waals surface area contributed by atoms with Crippen LogP contribution in [-0.4, -0.2) is 41.8 Å². The van der Waals surface area contributed by atoms with Crippen molar-refractivity contribution in [2.45, 2.75) is 64.0 Å². The smallest absolute Gasteiger partial charge is 0.407 e. The molecule has 0 aliphatic heterocycles. The number of fused-ring (bicyclic) bond motifs is 3. The molecule has 0 aromatic heterocycles. The van der Waals surface area contributed by atoms with Crippen molar-refractivity contribution in [1.29, 1.82) is 0 Å². The number of carbonyl (C=O) groups is 3. The number of ether oxygens (including phenoxy) is 1. The molecule has 0 saturated heterocycles. The standard InChI is InChI=1S/C28H34N2O5/c1-17(2)13-25(27(33)29-19-12-11-18(14-19)15-26(31)32)30-28(34)35-16-24-22-9-5-3-7-20(22)21-8-4-6-10-23(21)24/h3-10,17-19,24-25H,11-16H2,1-2H3,(H,29,33)(H,30,34)(H,31,32)/t18?,19?,25-/m1/s1. The third-order valence-electron chi connectivity index (χ3n) is 7.01. The number of amides is 2. The van der Waals surface area contributed by atoms with Gasteiger partial charge in [0.1, 0.15) is 12.6 Å². The van der Waals surface area contributed by atoms with Crippen LogP contribution in [0.3, 0.4) is 0 Å². The van der Waals surface area contributed by atoms with Crippen molar-refractivity contribution < 1.29 is 24.2 Å². The summed E-state index contributed by atoms with van der Waals surface area (Å²) >= 11 is 0. The van der Waals surface area contributed by atoms with Crippen LogP contribution in [0.1, 0.15) is 63.0 Å². The fourth-order valence-electron chi connectivity index (χ4n) is 5.43. The first kappa shape index (κ1) is 24.8. The van der Waals surface area contributed by atoms with Gasteiger partial charge in [0.15, 0.2) is 0 Å². The maximum absolute atomic E-state index is 13.0. The Balaban J connectivity index is 1.35. The van der Waals surface area contributed by atoms with Crippen LogP contribution in [0, 0.1) is 11.8 Å². The highest BCUT2D eigenvalue weighted by molar-refractivity contribution is 5.86. The number of alkyl carbamates (subject to hydrolysis) is 1. The Bertz CT molecular complexity index is 1040. The molecule has 3 atom stereocenters. The van der Waals surface area contributed by atoms with Gasteiger partial charge in [-0.05, 0) is 59.8 Å². The van der Waals surface area contributed by atoms with E-state index in [9.17, 15) is 14.4 Å². The quantitative estimate of drug-likeness (QED) is 0.485. The number of rotatable bonds is 9. The molecule has 2 aromatic rings. The Morgan fingerprint density at radius 1 is 1.00 bits per heavy atom. The minimum atomic E-state index is -0.809. The predicted molar refractivity (Wildman–Crippen MR) is 133 cm³/mol. The summed E-state index contributed by atoms with van der Waals surface area (Å²) in [4.78, 5) is 36.7. The van der Waals surface area contributed by atoms with Crippen molar-refractivity contribution >= 4 is 18.0 Å². The zero-order valence-electron chi connectivity index (χ0n) is 20.3. The van der Waals surface area contributed by atoms with E-state index < -0.39 is 18.1 Å². The first-order valence-corrected chi connectivity index (χ1v) is 12.5. The van der Waals surface area contributed by atoms with E-state index in [1.165, 1.54) is 0 Å². The van der Waals surface area contributed by atoms with Crippen LogP contribution in [0.2, 0.25) is 0 Å². The lowest BCUT2D eigenvalue weighted by Crippen LogP contribution is -2.50. The molecule has 0 spiro atoms. The zero-order chi connectivity index (χ0) is 24.9. The van der Waals surface area contributed by atoms with Gasteiger partial charge >= 0.3 is 12.1 Å². The molecule has 186 valence electrons. The Labute approximate surface area is 206 Å². The van der Waals surface area contributed by atoms with E-state index in [-0.39, 0.29) is 42.7 Å². The van der Waals surface area contributed by atoms with E-state index in [2.05, 4.69) is 34.9 Å². The highest BCUT2D eigenvalue weighted by Gasteiger charge is 2.32. The lowest BCUT2D eigenvalue weighted by molar-refractivity contribution is -0.138. The first-order valence-electron chi connectivity index (χ1n) is 12.5. The SMILES string of the molecule is CC(C)C[C@@H](NC(=O)OCC1c2ccccc2-c2ccccc21)C(=O)NC1CCC(CC(=O)O)C1. The summed E-state index contributed by atoms with van der Waals surface area (Å²) in [5.74, 6) is -0.820. The van der Waals surface area contributed by atoms with Crippen molar-refractivity contribution in [1.82, 2.24) is 10.6 Å². The lowest BCUT2D eigenvalue weighted by Gasteiger charge is -2.23. The largest absolute Gasteiger partial charge is 0.481 e. The maximum atomic E-state index is 13.0. The summed E-state index contributed by atoms with van der Waals surface area (Å²) in [6.45, 7) is 4.19. The third-order valence-corrected chi connectivity index (χ3v) is 7.01. The molecule has 0 bridgehead atoms. The molecule has 2 unspecified atom stereocenters. The minimum absolute atomic E-state index is 0.0461. The van der Waals surface area contributed by atoms with Crippen molar-refractivity contribution in [3.05, 3.63) is 59.7 Å². The number of carbonyl (C=O) groups excluding carboxylic acids is 2. The van der Waals surface area contributed by atoms with E-state index in [4.69, 9.17) is 9.84 Å². The Hall–Kier alpha value is -3.35. The Morgan fingerprint density at radius 2 is 1.63 bits per heavy atom. The maximum Gasteiger partial charge on any atom is 0.407 e. The number of hydrogen-bond donors (Lipinski definition) is 3. The molecular formula is C28H34N2O5. The number of nitrogens with one attached hydrogen (secondary N) is 2. The number of carboxylic acid groups (broad SMARTS) is 1.